The van der Waals surface area contributed by atoms with Crippen molar-refractivity contribution in [1.82, 2.24) is 15.2 Å². The number of esters is 1. The summed E-state index contributed by atoms with van der Waals surface area (Å²) in [6, 6.07) is 10.1. The minimum absolute atomic E-state index is 0.0688. The summed E-state index contributed by atoms with van der Waals surface area (Å²) in [5, 5.41) is 27.2. The van der Waals surface area contributed by atoms with Crippen LogP contribution in [-0.2, 0) is 14.3 Å². The molecule has 3 N–H and O–H groups in total. The number of likely N-dealkylation sites (N-methyl/N-ethyl adjacent to an activating group) is 1. The van der Waals surface area contributed by atoms with Gasteiger partial charge in [-0.2, -0.15) is 0 Å². The third-order valence-electron chi connectivity index (χ3n) is 9.05. The van der Waals surface area contributed by atoms with Crippen LogP contribution >= 0.6 is 11.3 Å². The van der Waals surface area contributed by atoms with Gasteiger partial charge in [0.15, 0.2) is 10.8 Å². The van der Waals surface area contributed by atoms with Gasteiger partial charge in [-0.15, -0.1) is 11.3 Å². The highest BCUT2D eigenvalue weighted by Gasteiger charge is 2.52. The van der Waals surface area contributed by atoms with Gasteiger partial charge in [-0.25, -0.2) is 19.0 Å². The van der Waals surface area contributed by atoms with E-state index in [0.29, 0.717) is 46.3 Å². The normalized spacial score (nSPS) is 23.1. The molecular weight excluding hydrogens is 625 g/mol. The molecule has 0 bridgehead atoms. The Labute approximate surface area is 276 Å². The number of carboxylic acids is 1. The molecule has 2 unspecified atom stereocenters. The first-order chi connectivity index (χ1) is 22.4. The summed E-state index contributed by atoms with van der Waals surface area (Å²) in [6.07, 6.45) is 2.78. The van der Waals surface area contributed by atoms with Gasteiger partial charge in [0.2, 0.25) is 0 Å². The molecule has 3 heterocycles. The topological polar surface area (TPSA) is 145 Å². The summed E-state index contributed by atoms with van der Waals surface area (Å²) in [4.78, 5) is 50.4. The standard InChI is InChI=1S/C34H38FN5O6S/c1-5-46-32(44)27-26(37-29(30-36-14-16-47-30)38-28(27)24-7-6-8-25(35)21(24)2)17-40-15-13-33(3,20-41)34(45,19-40)18-39(4)23-11-9-22(10-12-23)31(42)43/h6-12,14,16,20,28,45H,5,13,15,17-19H2,1-4H3,(H,37,38)(H,42,43)/t28-,33?,34?/m0/s1. The average molecular weight is 664 g/mol. The highest BCUT2D eigenvalue weighted by Crippen LogP contribution is 2.40. The SMILES string of the molecule is CCOC(=O)C1=C(CN2CCC(C)(C=O)C(O)(CN(C)c3ccc(C(=O)O)cc3)C2)NC(c2nccs2)=N[C@H]1c1cccc(F)c1C. The summed E-state index contributed by atoms with van der Waals surface area (Å²) in [7, 11) is 1.77. The quantitative estimate of drug-likeness (QED) is 0.204. The molecule has 0 amide bonds. The molecule has 1 aromatic heterocycles. The molecule has 2 aromatic carbocycles. The van der Waals surface area contributed by atoms with Crippen LogP contribution in [0.1, 0.15) is 52.8 Å². The Hall–Kier alpha value is -4.46. The molecule has 248 valence electrons. The van der Waals surface area contributed by atoms with Crippen LogP contribution in [0, 0.1) is 18.2 Å². The van der Waals surface area contributed by atoms with Crippen molar-refractivity contribution in [3.63, 3.8) is 0 Å². The van der Waals surface area contributed by atoms with Crippen molar-refractivity contribution < 1.29 is 33.7 Å². The summed E-state index contributed by atoms with van der Waals surface area (Å²) >= 11 is 1.36. The molecule has 3 atom stereocenters. The predicted molar refractivity (Wildman–Crippen MR) is 176 cm³/mol. The van der Waals surface area contributed by atoms with E-state index in [-0.39, 0.29) is 37.4 Å². The third-order valence-corrected chi connectivity index (χ3v) is 9.83. The maximum atomic E-state index is 14.8. The second-order valence-electron chi connectivity index (χ2n) is 12.1. The average Bonchev–Trinajstić information content (AvgIpc) is 3.59. The van der Waals surface area contributed by atoms with Crippen molar-refractivity contribution in [3.05, 3.63) is 92.8 Å². The summed E-state index contributed by atoms with van der Waals surface area (Å²) < 4.78 is 20.3. The van der Waals surface area contributed by atoms with Crippen molar-refractivity contribution in [2.75, 3.05) is 44.7 Å². The van der Waals surface area contributed by atoms with Crippen molar-refractivity contribution in [2.24, 2.45) is 10.4 Å². The first kappa shape index (κ1) is 33.9. The number of ether oxygens (including phenoxy) is 1. The number of benzene rings is 2. The fraction of sp³-hybridized carbons (Fsp3) is 0.382. The number of amidine groups is 1. The number of aliphatic hydroxyl groups is 1. The Bertz CT molecular complexity index is 1710. The number of rotatable bonds is 11. The zero-order valence-electron chi connectivity index (χ0n) is 26.7. The monoisotopic (exact) mass is 663 g/mol. The lowest BCUT2D eigenvalue weighted by molar-refractivity contribution is -0.146. The zero-order valence-corrected chi connectivity index (χ0v) is 27.5. The van der Waals surface area contributed by atoms with E-state index < -0.39 is 34.8 Å². The van der Waals surface area contributed by atoms with E-state index in [1.54, 1.807) is 63.2 Å². The summed E-state index contributed by atoms with van der Waals surface area (Å²) in [6.45, 7) is 5.95. The number of carbonyl (C=O) groups is 3. The molecule has 1 fully saturated rings. The maximum Gasteiger partial charge on any atom is 0.338 e. The number of likely N-dealkylation sites (tertiary alicyclic amines) is 1. The van der Waals surface area contributed by atoms with Crippen LogP contribution in [0.3, 0.4) is 0 Å². The van der Waals surface area contributed by atoms with Crippen LogP contribution in [0.5, 0.6) is 0 Å². The number of anilines is 1. The van der Waals surface area contributed by atoms with Crippen molar-refractivity contribution >= 4 is 41.1 Å². The van der Waals surface area contributed by atoms with E-state index in [1.165, 1.54) is 29.5 Å². The van der Waals surface area contributed by atoms with Gasteiger partial charge in [0, 0.05) is 49.6 Å². The number of piperidine rings is 1. The van der Waals surface area contributed by atoms with Crippen LogP contribution in [0.25, 0.3) is 0 Å². The molecule has 2 aliphatic rings. The number of halogens is 1. The van der Waals surface area contributed by atoms with Gasteiger partial charge < -0.3 is 30.0 Å². The zero-order chi connectivity index (χ0) is 33.9. The number of carbonyl (C=O) groups excluding carboxylic acids is 2. The number of nitrogens with one attached hydrogen (secondary N) is 1. The molecule has 47 heavy (non-hydrogen) atoms. The van der Waals surface area contributed by atoms with E-state index in [9.17, 15) is 29.0 Å². The summed E-state index contributed by atoms with van der Waals surface area (Å²) in [5.74, 6) is -1.64. The molecule has 0 aliphatic carbocycles. The van der Waals surface area contributed by atoms with Crippen LogP contribution in [0.15, 0.2) is 70.3 Å². The van der Waals surface area contributed by atoms with Crippen LogP contribution in [0.2, 0.25) is 0 Å². The molecule has 3 aromatic rings. The van der Waals surface area contributed by atoms with Crippen LogP contribution in [0.4, 0.5) is 10.1 Å². The van der Waals surface area contributed by atoms with Gasteiger partial charge in [0.05, 0.1) is 23.2 Å². The number of hydrogen-bond donors (Lipinski definition) is 3. The molecule has 0 saturated carbocycles. The number of carboxylic acid groups (broad SMARTS) is 1. The minimum atomic E-state index is -1.53. The lowest BCUT2D eigenvalue weighted by atomic mass is 9.68. The molecule has 5 rings (SSSR count). The molecule has 0 radical (unpaired) electrons. The number of β-amino-alcohol motifs (C(OH)–C–C–N with tert-alkyl or cyclic N) is 1. The first-order valence-electron chi connectivity index (χ1n) is 15.2. The Morgan fingerprint density at radius 1 is 1.26 bits per heavy atom. The van der Waals surface area contributed by atoms with E-state index in [0.717, 1.165) is 6.29 Å². The van der Waals surface area contributed by atoms with Crippen molar-refractivity contribution in [1.29, 1.82) is 0 Å². The van der Waals surface area contributed by atoms with Gasteiger partial charge in [-0.05, 0) is 75.2 Å². The number of aromatic nitrogens is 1. The van der Waals surface area contributed by atoms with Crippen LogP contribution in [-0.4, -0.2) is 89.6 Å². The fourth-order valence-corrected chi connectivity index (χ4v) is 6.70. The fourth-order valence-electron chi connectivity index (χ4n) is 6.12. The molecule has 11 nitrogen and oxygen atoms in total. The predicted octanol–water partition coefficient (Wildman–Crippen LogP) is 3.98. The highest BCUT2D eigenvalue weighted by molar-refractivity contribution is 7.11. The molecular formula is C34H38FN5O6S. The van der Waals surface area contributed by atoms with Gasteiger partial charge in [-0.1, -0.05) is 12.1 Å². The molecule has 0 spiro atoms. The Morgan fingerprint density at radius 2 is 2.00 bits per heavy atom. The largest absolute Gasteiger partial charge is 0.478 e. The smallest absolute Gasteiger partial charge is 0.338 e. The number of aliphatic imine (C=N–C) groups is 1. The Morgan fingerprint density at radius 3 is 2.64 bits per heavy atom. The molecule has 2 aliphatic heterocycles. The van der Waals surface area contributed by atoms with Gasteiger partial charge in [-0.3, -0.25) is 9.89 Å². The van der Waals surface area contributed by atoms with E-state index in [4.69, 9.17) is 9.73 Å². The second kappa shape index (κ2) is 13.7. The Balaban J connectivity index is 1.51. The first-order valence-corrected chi connectivity index (χ1v) is 16.1. The van der Waals surface area contributed by atoms with Gasteiger partial charge >= 0.3 is 11.9 Å². The number of hydrogen-bond acceptors (Lipinski definition) is 11. The van der Waals surface area contributed by atoms with E-state index in [2.05, 4.69) is 10.3 Å². The molecule has 13 heteroatoms. The Kier molecular flexibility index (Phi) is 9.89. The number of aromatic carboxylic acids is 1. The lowest BCUT2D eigenvalue weighted by Crippen LogP contribution is -2.65. The maximum absolute atomic E-state index is 14.8. The minimum Gasteiger partial charge on any atom is -0.478 e. The van der Waals surface area contributed by atoms with Crippen molar-refractivity contribution in [2.45, 2.75) is 38.8 Å². The summed E-state index contributed by atoms with van der Waals surface area (Å²) in [5.41, 5.74) is -0.233. The highest BCUT2D eigenvalue weighted by atomic mass is 32.1. The number of thiazole rings is 1. The number of aldehydes is 1. The molecule has 1 saturated heterocycles. The van der Waals surface area contributed by atoms with E-state index in [1.807, 2.05) is 10.3 Å². The van der Waals surface area contributed by atoms with Gasteiger partial charge in [0.1, 0.15) is 23.7 Å². The third kappa shape index (κ3) is 6.83. The number of nitrogens with zero attached hydrogens (tertiary/aromatic N) is 4. The van der Waals surface area contributed by atoms with Gasteiger partial charge in [0.25, 0.3) is 0 Å². The lowest BCUT2D eigenvalue weighted by Gasteiger charge is -2.51. The van der Waals surface area contributed by atoms with Crippen molar-refractivity contribution in [3.8, 4) is 0 Å². The van der Waals surface area contributed by atoms with Crippen LogP contribution < -0.4 is 10.2 Å². The van der Waals surface area contributed by atoms with E-state index >= 15 is 0 Å². The second-order valence-corrected chi connectivity index (χ2v) is 13.0.